The minimum Gasteiger partial charge on any atom is -0.289 e. The van der Waals surface area contributed by atoms with Gasteiger partial charge in [-0.3, -0.25) is 9.36 Å². The van der Waals surface area contributed by atoms with E-state index in [-0.39, 0.29) is 22.7 Å². The lowest BCUT2D eigenvalue weighted by Crippen LogP contribution is -2.26. The first-order valence-electron chi connectivity index (χ1n) is 6.30. The summed E-state index contributed by atoms with van der Waals surface area (Å²) in [6, 6.07) is 2.96. The summed E-state index contributed by atoms with van der Waals surface area (Å²) in [7, 11) is -3.51. The predicted octanol–water partition coefficient (Wildman–Crippen LogP) is 1.41. The summed E-state index contributed by atoms with van der Waals surface area (Å²) in [6.45, 7) is 5.90. The minimum absolute atomic E-state index is 0.0893. The number of fused-ring (bicyclic) bond motifs is 1. The lowest BCUT2D eigenvalue weighted by atomic mass is 10.1. The number of nitrogens with zero attached hydrogens (tertiary/aromatic N) is 3. The van der Waals surface area contributed by atoms with E-state index in [1.165, 1.54) is 16.8 Å². The van der Waals surface area contributed by atoms with Gasteiger partial charge in [0.05, 0.1) is 0 Å². The van der Waals surface area contributed by atoms with Crippen LogP contribution in [0.5, 0.6) is 0 Å². The van der Waals surface area contributed by atoms with E-state index in [1.807, 2.05) is 20.8 Å². The molecule has 0 aliphatic rings. The SMILES string of the molecule is CC(C)[C@H](C)n1c(=O)ccc2cnc(S(C)(=O)=O)nc21. The van der Waals surface area contributed by atoms with Gasteiger partial charge in [0.25, 0.3) is 5.56 Å². The van der Waals surface area contributed by atoms with Gasteiger partial charge >= 0.3 is 0 Å². The molecule has 0 N–H and O–H groups in total. The van der Waals surface area contributed by atoms with Crippen molar-refractivity contribution < 1.29 is 8.42 Å². The Bertz CT molecular complexity index is 809. The van der Waals surface area contributed by atoms with Crippen molar-refractivity contribution in [1.82, 2.24) is 14.5 Å². The minimum atomic E-state index is -3.51. The summed E-state index contributed by atoms with van der Waals surface area (Å²) in [5, 5.41) is 0.379. The summed E-state index contributed by atoms with van der Waals surface area (Å²) < 4.78 is 24.7. The molecule has 20 heavy (non-hydrogen) atoms. The van der Waals surface area contributed by atoms with Gasteiger partial charge in [-0.2, -0.15) is 4.98 Å². The van der Waals surface area contributed by atoms with Crippen molar-refractivity contribution in [2.45, 2.75) is 32.0 Å². The molecule has 108 valence electrons. The van der Waals surface area contributed by atoms with E-state index in [1.54, 1.807) is 6.07 Å². The second kappa shape index (κ2) is 4.97. The standard InChI is InChI=1S/C13H17N3O3S/c1-8(2)9(3)16-11(17)6-5-10-7-14-13(15-12(10)16)20(4,18)19/h5-9H,1-4H3/t9-/m0/s1. The average molecular weight is 295 g/mol. The molecular formula is C13H17N3O3S. The van der Waals surface area contributed by atoms with Crippen LogP contribution in [0.25, 0.3) is 11.0 Å². The number of rotatable bonds is 3. The van der Waals surface area contributed by atoms with Gasteiger partial charge in [0.15, 0.2) is 0 Å². The van der Waals surface area contributed by atoms with Crippen molar-refractivity contribution in [3.63, 3.8) is 0 Å². The zero-order chi connectivity index (χ0) is 15.1. The van der Waals surface area contributed by atoms with E-state index in [0.717, 1.165) is 6.26 Å². The third-order valence-corrected chi connectivity index (χ3v) is 4.21. The van der Waals surface area contributed by atoms with Gasteiger partial charge in [0.2, 0.25) is 15.0 Å². The second-order valence-electron chi connectivity index (χ2n) is 5.23. The maximum absolute atomic E-state index is 12.1. The Labute approximate surface area is 117 Å². The van der Waals surface area contributed by atoms with Crippen LogP contribution in [-0.2, 0) is 9.84 Å². The van der Waals surface area contributed by atoms with Crippen LogP contribution in [0.15, 0.2) is 28.3 Å². The van der Waals surface area contributed by atoms with Crippen molar-refractivity contribution in [3.05, 3.63) is 28.7 Å². The molecule has 2 rings (SSSR count). The topological polar surface area (TPSA) is 81.9 Å². The lowest BCUT2D eigenvalue weighted by Gasteiger charge is -2.20. The smallest absolute Gasteiger partial charge is 0.252 e. The van der Waals surface area contributed by atoms with Crippen molar-refractivity contribution in [3.8, 4) is 0 Å². The molecule has 7 heteroatoms. The first-order chi connectivity index (χ1) is 9.21. The fraction of sp³-hybridized carbons (Fsp3) is 0.462. The van der Waals surface area contributed by atoms with E-state index < -0.39 is 9.84 Å². The van der Waals surface area contributed by atoms with Crippen molar-refractivity contribution in [2.75, 3.05) is 6.26 Å². The molecule has 0 radical (unpaired) electrons. The van der Waals surface area contributed by atoms with Crippen molar-refractivity contribution in [2.24, 2.45) is 5.92 Å². The highest BCUT2D eigenvalue weighted by molar-refractivity contribution is 7.90. The molecule has 2 aromatic heterocycles. The summed E-state index contributed by atoms with van der Waals surface area (Å²) in [4.78, 5) is 20.0. The second-order valence-corrected chi connectivity index (χ2v) is 7.14. The van der Waals surface area contributed by atoms with Gasteiger partial charge in [-0.25, -0.2) is 13.4 Å². The van der Waals surface area contributed by atoms with Gasteiger partial charge in [-0.05, 0) is 18.9 Å². The van der Waals surface area contributed by atoms with Crippen molar-refractivity contribution >= 4 is 20.9 Å². The molecule has 0 unspecified atom stereocenters. The van der Waals surface area contributed by atoms with Crippen LogP contribution in [0.1, 0.15) is 26.8 Å². The number of sulfone groups is 1. The van der Waals surface area contributed by atoms with E-state index in [2.05, 4.69) is 9.97 Å². The molecule has 0 bridgehead atoms. The molecule has 0 aromatic carbocycles. The lowest BCUT2D eigenvalue weighted by molar-refractivity contribution is 0.406. The highest BCUT2D eigenvalue weighted by Crippen LogP contribution is 2.20. The fourth-order valence-corrected chi connectivity index (χ4v) is 2.39. The molecule has 6 nitrogen and oxygen atoms in total. The van der Waals surface area contributed by atoms with E-state index in [0.29, 0.717) is 11.0 Å². The largest absolute Gasteiger partial charge is 0.289 e. The summed E-state index contributed by atoms with van der Waals surface area (Å²) in [6.07, 6.45) is 2.48. The zero-order valence-corrected chi connectivity index (χ0v) is 12.7. The van der Waals surface area contributed by atoms with E-state index >= 15 is 0 Å². The Kier molecular flexibility index (Phi) is 3.64. The molecule has 0 aliphatic carbocycles. The zero-order valence-electron chi connectivity index (χ0n) is 11.9. The Morgan fingerprint density at radius 2 is 1.85 bits per heavy atom. The molecule has 0 aliphatic heterocycles. The fourth-order valence-electron chi connectivity index (χ4n) is 1.89. The van der Waals surface area contributed by atoms with Crippen LogP contribution in [0.3, 0.4) is 0 Å². The molecule has 0 amide bonds. The van der Waals surface area contributed by atoms with Crippen molar-refractivity contribution in [1.29, 1.82) is 0 Å². The molecule has 0 saturated heterocycles. The number of hydrogen-bond acceptors (Lipinski definition) is 5. The number of aromatic nitrogens is 3. The Balaban J connectivity index is 2.85. The molecule has 0 fully saturated rings. The Hall–Kier alpha value is -1.76. The van der Waals surface area contributed by atoms with Gasteiger partial charge in [-0.1, -0.05) is 13.8 Å². The predicted molar refractivity (Wildman–Crippen MR) is 76.5 cm³/mol. The van der Waals surface area contributed by atoms with Crippen LogP contribution in [0, 0.1) is 5.92 Å². The van der Waals surface area contributed by atoms with Crippen LogP contribution in [0.2, 0.25) is 0 Å². The normalized spacial score (nSPS) is 13.8. The van der Waals surface area contributed by atoms with Gasteiger partial charge in [-0.15, -0.1) is 0 Å². The van der Waals surface area contributed by atoms with Gasteiger partial charge in [0.1, 0.15) is 5.65 Å². The summed E-state index contributed by atoms with van der Waals surface area (Å²) >= 11 is 0. The molecular weight excluding hydrogens is 278 g/mol. The molecule has 0 saturated carbocycles. The first kappa shape index (κ1) is 14.6. The summed E-state index contributed by atoms with van der Waals surface area (Å²) in [5.74, 6) is 0.218. The molecule has 0 spiro atoms. The highest BCUT2D eigenvalue weighted by atomic mass is 32.2. The maximum Gasteiger partial charge on any atom is 0.252 e. The third-order valence-electron chi connectivity index (χ3n) is 3.35. The van der Waals surface area contributed by atoms with E-state index in [9.17, 15) is 13.2 Å². The van der Waals surface area contributed by atoms with Crippen LogP contribution in [-0.4, -0.2) is 29.2 Å². The summed E-state index contributed by atoms with van der Waals surface area (Å²) in [5.41, 5.74) is 0.158. The third kappa shape index (κ3) is 2.58. The maximum atomic E-state index is 12.1. The number of hydrogen-bond donors (Lipinski definition) is 0. The van der Waals surface area contributed by atoms with E-state index in [4.69, 9.17) is 0 Å². The van der Waals surface area contributed by atoms with Crippen LogP contribution in [0.4, 0.5) is 0 Å². The molecule has 1 atom stereocenters. The van der Waals surface area contributed by atoms with Gasteiger partial charge < -0.3 is 0 Å². The van der Waals surface area contributed by atoms with Crippen LogP contribution < -0.4 is 5.56 Å². The van der Waals surface area contributed by atoms with Crippen LogP contribution >= 0.6 is 0 Å². The molecule has 2 heterocycles. The van der Waals surface area contributed by atoms with Gasteiger partial charge in [0, 0.05) is 29.9 Å². The quantitative estimate of drug-likeness (QED) is 0.800. The first-order valence-corrected chi connectivity index (χ1v) is 8.19. The molecule has 2 aromatic rings. The Morgan fingerprint density at radius 1 is 1.20 bits per heavy atom. The highest BCUT2D eigenvalue weighted by Gasteiger charge is 2.18. The number of pyridine rings is 1. The Morgan fingerprint density at radius 3 is 2.40 bits per heavy atom. The monoisotopic (exact) mass is 295 g/mol. The average Bonchev–Trinajstić information content (AvgIpc) is 2.36.